The van der Waals surface area contributed by atoms with E-state index in [0.29, 0.717) is 17.8 Å². The molecule has 1 aromatic carbocycles. The highest BCUT2D eigenvalue weighted by Crippen LogP contribution is 2.25. The Morgan fingerprint density at radius 3 is 2.67 bits per heavy atom. The Morgan fingerprint density at radius 1 is 1.08 bits per heavy atom. The molecule has 2 aliphatic rings. The first-order valence-corrected chi connectivity index (χ1v) is 9.03. The van der Waals surface area contributed by atoms with E-state index >= 15 is 0 Å². The second-order valence-corrected chi connectivity index (χ2v) is 6.75. The maximum absolute atomic E-state index is 12.3. The van der Waals surface area contributed by atoms with Crippen LogP contribution in [0.4, 0.5) is 5.69 Å². The molecule has 0 aromatic heterocycles. The first-order valence-electron chi connectivity index (χ1n) is 9.03. The lowest BCUT2D eigenvalue weighted by molar-refractivity contribution is -0.120. The lowest BCUT2D eigenvalue weighted by Crippen LogP contribution is -2.31. The van der Waals surface area contributed by atoms with Crippen molar-refractivity contribution in [3.63, 3.8) is 0 Å². The van der Waals surface area contributed by atoms with Gasteiger partial charge in [0.2, 0.25) is 5.91 Å². The van der Waals surface area contributed by atoms with E-state index in [2.05, 4.69) is 10.6 Å². The minimum Gasteiger partial charge on any atom is -0.376 e. The molecule has 1 aliphatic heterocycles. The number of carbonyl (C=O) groups is 2. The number of ether oxygens (including phenoxy) is 1. The zero-order chi connectivity index (χ0) is 16.8. The van der Waals surface area contributed by atoms with Crippen LogP contribution < -0.4 is 10.6 Å². The van der Waals surface area contributed by atoms with E-state index < -0.39 is 0 Å². The first kappa shape index (κ1) is 17.0. The summed E-state index contributed by atoms with van der Waals surface area (Å²) in [5.41, 5.74) is 1.25. The lowest BCUT2D eigenvalue weighted by atomic mass is 9.88. The number of amides is 2. The van der Waals surface area contributed by atoms with Crippen molar-refractivity contribution in [2.75, 3.05) is 18.5 Å². The van der Waals surface area contributed by atoms with Crippen LogP contribution >= 0.6 is 0 Å². The van der Waals surface area contributed by atoms with Crippen LogP contribution in [0.3, 0.4) is 0 Å². The van der Waals surface area contributed by atoms with Crippen molar-refractivity contribution in [1.29, 1.82) is 0 Å². The molecule has 130 valence electrons. The highest BCUT2D eigenvalue weighted by atomic mass is 16.5. The average molecular weight is 330 g/mol. The molecule has 1 saturated carbocycles. The van der Waals surface area contributed by atoms with Crippen LogP contribution in [0, 0.1) is 5.92 Å². The predicted molar refractivity (Wildman–Crippen MR) is 93.0 cm³/mol. The van der Waals surface area contributed by atoms with Crippen LogP contribution in [0.25, 0.3) is 0 Å². The molecule has 1 atom stereocenters. The quantitative estimate of drug-likeness (QED) is 0.872. The molecule has 0 spiro atoms. The summed E-state index contributed by atoms with van der Waals surface area (Å²) in [6.07, 6.45) is 7.60. The average Bonchev–Trinajstić information content (AvgIpc) is 3.14. The van der Waals surface area contributed by atoms with Gasteiger partial charge in [0.25, 0.3) is 5.91 Å². The summed E-state index contributed by atoms with van der Waals surface area (Å²) in [5, 5.41) is 5.87. The van der Waals surface area contributed by atoms with Gasteiger partial charge in [-0.05, 0) is 43.9 Å². The van der Waals surface area contributed by atoms with E-state index in [9.17, 15) is 9.59 Å². The molecule has 1 unspecified atom stereocenters. The molecule has 24 heavy (non-hydrogen) atoms. The van der Waals surface area contributed by atoms with E-state index in [-0.39, 0.29) is 23.8 Å². The Hall–Kier alpha value is -1.88. The summed E-state index contributed by atoms with van der Waals surface area (Å²) in [7, 11) is 0. The molecular formula is C19H26N2O3. The first-order chi connectivity index (χ1) is 11.7. The van der Waals surface area contributed by atoms with Crippen LogP contribution in [0.2, 0.25) is 0 Å². The molecule has 2 amide bonds. The van der Waals surface area contributed by atoms with Crippen molar-refractivity contribution in [1.82, 2.24) is 5.32 Å². The zero-order valence-electron chi connectivity index (χ0n) is 14.1. The summed E-state index contributed by atoms with van der Waals surface area (Å²) < 4.78 is 5.51. The minimum atomic E-state index is -0.126. The van der Waals surface area contributed by atoms with Gasteiger partial charge in [0.05, 0.1) is 6.10 Å². The third kappa shape index (κ3) is 4.57. The second kappa shape index (κ2) is 8.29. The van der Waals surface area contributed by atoms with Crippen LogP contribution in [0.1, 0.15) is 55.3 Å². The van der Waals surface area contributed by atoms with Crippen LogP contribution in [-0.4, -0.2) is 31.1 Å². The van der Waals surface area contributed by atoms with Gasteiger partial charge in [-0.25, -0.2) is 0 Å². The summed E-state index contributed by atoms with van der Waals surface area (Å²) in [6.45, 7) is 1.32. The Labute approximate surface area is 143 Å². The number of anilines is 1. The van der Waals surface area contributed by atoms with E-state index in [1.165, 1.54) is 6.42 Å². The molecule has 2 N–H and O–H groups in total. The van der Waals surface area contributed by atoms with E-state index in [1.807, 2.05) is 6.07 Å². The Bertz CT molecular complexity index is 576. The molecule has 1 saturated heterocycles. The smallest absolute Gasteiger partial charge is 0.251 e. The molecular weight excluding hydrogens is 304 g/mol. The molecule has 3 rings (SSSR count). The van der Waals surface area contributed by atoms with E-state index in [0.717, 1.165) is 45.1 Å². The summed E-state index contributed by atoms with van der Waals surface area (Å²) in [4.78, 5) is 24.6. The van der Waals surface area contributed by atoms with Gasteiger partial charge in [-0.1, -0.05) is 25.3 Å². The Kier molecular flexibility index (Phi) is 5.86. The molecule has 5 nitrogen and oxygen atoms in total. The van der Waals surface area contributed by atoms with Crippen molar-refractivity contribution in [2.24, 2.45) is 5.92 Å². The molecule has 2 fully saturated rings. The molecule has 0 bridgehead atoms. The minimum absolute atomic E-state index is 0.0756. The molecule has 1 aromatic rings. The predicted octanol–water partition coefficient (Wildman–Crippen LogP) is 3.11. The fourth-order valence-electron chi connectivity index (χ4n) is 3.46. The van der Waals surface area contributed by atoms with Gasteiger partial charge < -0.3 is 15.4 Å². The van der Waals surface area contributed by atoms with Gasteiger partial charge in [-0.2, -0.15) is 0 Å². The van der Waals surface area contributed by atoms with Crippen molar-refractivity contribution in [3.8, 4) is 0 Å². The van der Waals surface area contributed by atoms with Gasteiger partial charge in [0.15, 0.2) is 0 Å². The third-order valence-corrected chi connectivity index (χ3v) is 4.88. The zero-order valence-corrected chi connectivity index (χ0v) is 14.1. The number of hydrogen-bond donors (Lipinski definition) is 2. The second-order valence-electron chi connectivity index (χ2n) is 6.75. The third-order valence-electron chi connectivity index (χ3n) is 4.88. The maximum atomic E-state index is 12.3. The summed E-state index contributed by atoms with van der Waals surface area (Å²) in [5.74, 6) is 0.0571. The van der Waals surface area contributed by atoms with Crippen LogP contribution in [0.5, 0.6) is 0 Å². The molecule has 1 heterocycles. The SMILES string of the molecule is O=C(NCC1CCCO1)c1cccc(NC(=O)C2CCCCC2)c1. The normalized spacial score (nSPS) is 21.4. The van der Waals surface area contributed by atoms with E-state index in [4.69, 9.17) is 4.74 Å². The fourth-order valence-corrected chi connectivity index (χ4v) is 3.46. The van der Waals surface area contributed by atoms with Gasteiger partial charge in [0.1, 0.15) is 0 Å². The topological polar surface area (TPSA) is 67.4 Å². The van der Waals surface area contributed by atoms with Crippen LogP contribution in [0.15, 0.2) is 24.3 Å². The standard InChI is InChI=1S/C19H26N2O3/c22-18(20-13-17-10-5-11-24-17)15-8-4-9-16(12-15)21-19(23)14-6-2-1-3-7-14/h4,8-9,12,14,17H,1-3,5-7,10-11,13H2,(H,20,22)(H,21,23). The van der Waals surface area contributed by atoms with Crippen LogP contribution in [-0.2, 0) is 9.53 Å². The lowest BCUT2D eigenvalue weighted by Gasteiger charge is -2.20. The van der Waals surface area contributed by atoms with Crippen molar-refractivity contribution in [2.45, 2.75) is 51.0 Å². The highest BCUT2D eigenvalue weighted by molar-refractivity contribution is 5.97. The van der Waals surface area contributed by atoms with Crippen molar-refractivity contribution in [3.05, 3.63) is 29.8 Å². The molecule has 5 heteroatoms. The fraction of sp³-hybridized carbons (Fsp3) is 0.579. The number of carbonyl (C=O) groups excluding carboxylic acids is 2. The summed E-state index contributed by atoms with van der Waals surface area (Å²) in [6, 6.07) is 7.14. The van der Waals surface area contributed by atoms with Gasteiger partial charge >= 0.3 is 0 Å². The van der Waals surface area contributed by atoms with Gasteiger partial charge in [-0.3, -0.25) is 9.59 Å². The number of rotatable bonds is 5. The van der Waals surface area contributed by atoms with Crippen molar-refractivity contribution < 1.29 is 14.3 Å². The number of benzene rings is 1. The van der Waals surface area contributed by atoms with E-state index in [1.54, 1.807) is 18.2 Å². The largest absolute Gasteiger partial charge is 0.376 e. The van der Waals surface area contributed by atoms with Gasteiger partial charge in [-0.15, -0.1) is 0 Å². The van der Waals surface area contributed by atoms with Crippen molar-refractivity contribution >= 4 is 17.5 Å². The maximum Gasteiger partial charge on any atom is 0.251 e. The van der Waals surface area contributed by atoms with Gasteiger partial charge in [0, 0.05) is 30.3 Å². The number of nitrogens with one attached hydrogen (secondary N) is 2. The Balaban J connectivity index is 1.54. The Morgan fingerprint density at radius 2 is 1.92 bits per heavy atom. The summed E-state index contributed by atoms with van der Waals surface area (Å²) >= 11 is 0. The number of hydrogen-bond acceptors (Lipinski definition) is 3. The monoisotopic (exact) mass is 330 g/mol. The molecule has 0 radical (unpaired) electrons. The molecule has 1 aliphatic carbocycles. The highest BCUT2D eigenvalue weighted by Gasteiger charge is 2.21.